The van der Waals surface area contributed by atoms with E-state index in [2.05, 4.69) is 0 Å². The Hall–Kier alpha value is -2.53. The third-order valence-corrected chi connectivity index (χ3v) is 13.5. The summed E-state index contributed by atoms with van der Waals surface area (Å²) in [6.07, 6.45) is 0. The van der Waals surface area contributed by atoms with E-state index in [4.69, 9.17) is 97.5 Å². The van der Waals surface area contributed by atoms with Crippen LogP contribution in [0.3, 0.4) is 0 Å². The molecule has 1 heterocycles. The van der Waals surface area contributed by atoms with E-state index in [0.29, 0.717) is 15.6 Å². The lowest BCUT2D eigenvalue weighted by molar-refractivity contribution is -0.154. The quantitative estimate of drug-likeness (QED) is 0.0785. The van der Waals surface area contributed by atoms with Gasteiger partial charge in [-0.25, -0.2) is 9.80 Å². The fraction of sp³-hybridized carbons (Fsp3) is 0.219. The molecule has 0 spiro atoms. The Balaban J connectivity index is 1.32. The Morgan fingerprint density at radius 1 is 0.729 bits per heavy atom. The molecule has 3 aromatic rings. The van der Waals surface area contributed by atoms with Crippen LogP contribution >= 0.6 is 92.8 Å². The van der Waals surface area contributed by atoms with Gasteiger partial charge in [0.1, 0.15) is 22.0 Å². The lowest BCUT2D eigenvalue weighted by atomic mass is 9.84. The number of ketones is 1. The van der Waals surface area contributed by atoms with Gasteiger partial charge in [0.25, 0.3) is 17.7 Å². The molecule has 16 heteroatoms. The van der Waals surface area contributed by atoms with Crippen LogP contribution < -0.4 is 4.74 Å². The minimum atomic E-state index is -2.21. The molecule has 3 amide bonds. The number of Topliss-reactive ketones (excluding diaryl/α,β-unsaturated/α-hetero) is 1. The maximum absolute atomic E-state index is 14.1. The number of fused-ring (bicyclic) bond motifs is 5. The summed E-state index contributed by atoms with van der Waals surface area (Å²) in [6, 6.07) is 16.1. The lowest BCUT2D eigenvalue weighted by Gasteiger charge is -2.36. The zero-order chi connectivity index (χ0) is 35.1. The largest absolute Gasteiger partial charge is 0.423 e. The molecule has 0 N–H and O–H groups in total. The maximum atomic E-state index is 14.1. The number of allylic oxidation sites excluding steroid dienone is 2. The molecule has 0 unspecified atom stereocenters. The molecule has 3 aromatic carbocycles. The van der Waals surface area contributed by atoms with E-state index in [1.54, 1.807) is 24.3 Å². The van der Waals surface area contributed by atoms with Crippen molar-refractivity contribution in [3.63, 3.8) is 0 Å². The van der Waals surface area contributed by atoms with Gasteiger partial charge in [-0.15, -0.1) is 23.2 Å². The summed E-state index contributed by atoms with van der Waals surface area (Å²) in [7, 11) is 0. The molecule has 3 aliphatic rings. The van der Waals surface area contributed by atoms with Crippen molar-refractivity contribution in [1.82, 2.24) is 10.0 Å². The molecule has 48 heavy (non-hydrogen) atoms. The predicted molar refractivity (Wildman–Crippen MR) is 184 cm³/mol. The lowest BCUT2D eigenvalue weighted by Crippen LogP contribution is -2.56. The van der Waals surface area contributed by atoms with Crippen LogP contribution in [0.4, 0.5) is 0 Å². The fourth-order valence-corrected chi connectivity index (χ4v) is 9.25. The zero-order valence-electron chi connectivity index (χ0n) is 24.1. The zero-order valence-corrected chi connectivity index (χ0v) is 30.1. The van der Waals surface area contributed by atoms with Gasteiger partial charge >= 0.3 is 5.97 Å². The number of hydrogen-bond acceptors (Lipinski definition) is 6. The van der Waals surface area contributed by atoms with Crippen molar-refractivity contribution in [3.05, 3.63) is 109 Å². The molecule has 1 saturated heterocycles. The molecular weight excluding hydrogens is 792 g/mol. The topological polar surface area (TPSA) is 101 Å². The SMILES string of the molecule is Cc1ccc(C(=O)Oc2ccc(C(=O)CN(C(=O)c3ccc(Cl)c(Cl)c3)N3C(=O)[C@H]4[C@H](C3=O)[C@@]3(Cl)C(Cl)=C(Cl)[C@@]4(Cl)C3(Cl)Cl)cc2)cc1. The van der Waals surface area contributed by atoms with Crippen molar-refractivity contribution in [1.29, 1.82) is 0 Å². The van der Waals surface area contributed by atoms with E-state index < -0.39 is 61.9 Å². The number of hydrazine groups is 1. The number of alkyl halides is 4. The second-order valence-corrected chi connectivity index (χ2v) is 15.4. The van der Waals surface area contributed by atoms with Crippen LogP contribution in [0.5, 0.6) is 5.75 Å². The number of aryl methyl sites for hydroxylation is 1. The Morgan fingerprint density at radius 2 is 1.23 bits per heavy atom. The van der Waals surface area contributed by atoms with Crippen molar-refractivity contribution in [2.24, 2.45) is 11.8 Å². The van der Waals surface area contributed by atoms with Crippen molar-refractivity contribution < 1.29 is 28.7 Å². The standard InChI is InChI=1S/C32H18Cl8N2O6/c1-14-2-4-16(5-3-14)29(47)48-18-9-6-15(7-10-18)21(43)13-41(26(44)17-8-11-19(33)20(34)12-17)42-27(45)22-23(28(42)46)31(38)25(36)24(35)30(22,37)32(31,39)40/h2-12,22-23H,13H2,1H3/t22-,23-,30-,31-/m1/s1. The van der Waals surface area contributed by atoms with Crippen LogP contribution in [0.25, 0.3) is 0 Å². The number of carbonyl (C=O) groups excluding carboxylic acids is 5. The molecule has 1 aliphatic heterocycles. The number of ether oxygens (including phenoxy) is 1. The van der Waals surface area contributed by atoms with Gasteiger partial charge in [0.15, 0.2) is 10.1 Å². The molecule has 0 radical (unpaired) electrons. The van der Waals surface area contributed by atoms with Gasteiger partial charge < -0.3 is 4.74 Å². The average Bonchev–Trinajstić information content (AvgIpc) is 3.44. The van der Waals surface area contributed by atoms with Gasteiger partial charge in [-0.1, -0.05) is 87.3 Å². The number of esters is 1. The first-order chi connectivity index (χ1) is 22.5. The molecule has 6 rings (SSSR count). The van der Waals surface area contributed by atoms with Gasteiger partial charge in [-0.05, 0) is 61.5 Å². The van der Waals surface area contributed by atoms with Gasteiger partial charge in [0, 0.05) is 11.1 Å². The molecule has 248 valence electrons. The molecule has 4 atom stereocenters. The summed E-state index contributed by atoms with van der Waals surface area (Å²) >= 11 is 51.8. The van der Waals surface area contributed by atoms with E-state index in [1.807, 2.05) is 6.92 Å². The van der Waals surface area contributed by atoms with E-state index >= 15 is 0 Å². The molecule has 1 saturated carbocycles. The number of imide groups is 1. The number of rotatable bonds is 7. The van der Waals surface area contributed by atoms with Crippen molar-refractivity contribution in [2.75, 3.05) is 6.54 Å². The first-order valence-electron chi connectivity index (χ1n) is 13.9. The fourth-order valence-electron chi connectivity index (χ4n) is 6.02. The Bertz CT molecular complexity index is 1920. The number of nitrogens with zero attached hydrogens (tertiary/aromatic N) is 2. The van der Waals surface area contributed by atoms with Crippen molar-refractivity contribution in [3.8, 4) is 5.75 Å². The van der Waals surface area contributed by atoms with E-state index in [9.17, 15) is 24.0 Å². The maximum Gasteiger partial charge on any atom is 0.343 e. The van der Waals surface area contributed by atoms with Crippen LogP contribution in [0.2, 0.25) is 10.0 Å². The Labute approximate surface area is 313 Å². The number of halogens is 8. The van der Waals surface area contributed by atoms with Crippen LogP contribution in [-0.4, -0.2) is 60.1 Å². The van der Waals surface area contributed by atoms with Crippen LogP contribution in [-0.2, 0) is 9.59 Å². The van der Waals surface area contributed by atoms with Gasteiger partial charge in [0.05, 0.1) is 37.5 Å². The summed E-state index contributed by atoms with van der Waals surface area (Å²) < 4.78 is 3.19. The summed E-state index contributed by atoms with van der Waals surface area (Å²) in [5.74, 6) is -7.36. The molecule has 8 nitrogen and oxygen atoms in total. The van der Waals surface area contributed by atoms with E-state index in [-0.39, 0.29) is 37.0 Å². The summed E-state index contributed by atoms with van der Waals surface area (Å²) in [6.45, 7) is 1.05. The normalized spacial score (nSPS) is 25.4. The summed E-state index contributed by atoms with van der Waals surface area (Å²) in [5, 5.41) is 0.597. The van der Waals surface area contributed by atoms with Gasteiger partial charge in [-0.3, -0.25) is 19.2 Å². The average molecular weight is 810 g/mol. The summed E-state index contributed by atoms with van der Waals surface area (Å²) in [5.41, 5.74) is 1.22. The first kappa shape index (κ1) is 35.3. The predicted octanol–water partition coefficient (Wildman–Crippen LogP) is 8.21. The minimum Gasteiger partial charge on any atom is -0.423 e. The second-order valence-electron chi connectivity index (χ2n) is 11.3. The van der Waals surface area contributed by atoms with Gasteiger partial charge in [0.2, 0.25) is 0 Å². The van der Waals surface area contributed by atoms with E-state index in [0.717, 1.165) is 5.56 Å². The third kappa shape index (κ3) is 5.06. The highest BCUT2D eigenvalue weighted by Gasteiger charge is 2.88. The number of benzene rings is 3. The summed E-state index contributed by atoms with van der Waals surface area (Å²) in [4.78, 5) is 64.1. The highest BCUT2D eigenvalue weighted by Crippen LogP contribution is 2.77. The minimum absolute atomic E-state index is 0.00481. The Kier molecular flexibility index (Phi) is 9.09. The molecule has 2 aliphatic carbocycles. The molecule has 0 aromatic heterocycles. The Morgan fingerprint density at radius 3 is 1.75 bits per heavy atom. The number of amides is 3. The molecule has 2 fully saturated rings. The highest BCUT2D eigenvalue weighted by atomic mass is 35.5. The smallest absolute Gasteiger partial charge is 0.343 e. The van der Waals surface area contributed by atoms with Crippen LogP contribution in [0, 0.1) is 18.8 Å². The van der Waals surface area contributed by atoms with Gasteiger partial charge in [-0.2, -0.15) is 5.01 Å². The van der Waals surface area contributed by atoms with Crippen LogP contribution in [0.15, 0.2) is 76.8 Å². The molecule has 2 bridgehead atoms. The monoisotopic (exact) mass is 806 g/mol. The molecular formula is C32H18Cl8N2O6. The third-order valence-electron chi connectivity index (χ3n) is 8.50. The number of carbonyl (C=O) groups is 5. The first-order valence-corrected chi connectivity index (χ1v) is 16.9. The second kappa shape index (κ2) is 12.4. The number of hydrogen-bond donors (Lipinski definition) is 0. The highest BCUT2D eigenvalue weighted by molar-refractivity contribution is 6.67. The van der Waals surface area contributed by atoms with Crippen molar-refractivity contribution in [2.45, 2.75) is 21.0 Å². The van der Waals surface area contributed by atoms with Crippen LogP contribution in [0.1, 0.15) is 36.6 Å². The van der Waals surface area contributed by atoms with Crippen molar-refractivity contribution >= 4 is 122 Å². The van der Waals surface area contributed by atoms with E-state index in [1.165, 1.54) is 42.5 Å².